The van der Waals surface area contributed by atoms with Gasteiger partial charge < -0.3 is 11.1 Å². The molecule has 4 N–H and O–H groups in total. The predicted octanol–water partition coefficient (Wildman–Crippen LogP) is 3.32. The average Bonchev–Trinajstić information content (AvgIpc) is 2.60. The summed E-state index contributed by atoms with van der Waals surface area (Å²) in [5, 5.41) is 2.88. The normalized spacial score (nSPS) is 13.3. The molecule has 0 saturated carbocycles. The molecule has 148 valence electrons. The lowest BCUT2D eigenvalue weighted by atomic mass is 10.1. The van der Waals surface area contributed by atoms with Crippen molar-refractivity contribution in [2.24, 2.45) is 10.7 Å². The van der Waals surface area contributed by atoms with E-state index in [4.69, 9.17) is 17.3 Å². The summed E-state index contributed by atoms with van der Waals surface area (Å²) in [4.78, 5) is 16.8. The average molecular weight is 421 g/mol. The minimum absolute atomic E-state index is 0.152. The van der Waals surface area contributed by atoms with E-state index in [1.165, 1.54) is 24.4 Å². The van der Waals surface area contributed by atoms with Gasteiger partial charge in [0.05, 0.1) is 23.6 Å². The summed E-state index contributed by atoms with van der Waals surface area (Å²) >= 11 is 5.99. The molecule has 0 saturated heterocycles. The second-order valence-electron chi connectivity index (χ2n) is 6.04. The number of anilines is 2. The summed E-state index contributed by atoms with van der Waals surface area (Å²) in [6.45, 7) is 1.90. The summed E-state index contributed by atoms with van der Waals surface area (Å²) in [7, 11) is -3.48. The first-order valence-corrected chi connectivity index (χ1v) is 10.5. The van der Waals surface area contributed by atoms with Crippen LogP contribution in [0.1, 0.15) is 18.5 Å². The topological polar surface area (TPSA) is 114 Å². The Kier molecular flexibility index (Phi) is 7.19. The van der Waals surface area contributed by atoms with Crippen molar-refractivity contribution in [3.8, 4) is 0 Å². The number of hydrogen-bond acceptors (Lipinski definition) is 5. The maximum Gasteiger partial charge on any atom is 0.258 e. The van der Waals surface area contributed by atoms with Crippen LogP contribution in [0.4, 0.5) is 11.4 Å². The fourth-order valence-corrected chi connectivity index (χ4v) is 3.11. The van der Waals surface area contributed by atoms with Gasteiger partial charge in [0, 0.05) is 23.1 Å². The second-order valence-corrected chi connectivity index (χ2v) is 8.23. The SMILES string of the molecule is CC(N=C/C(=C\N)C(=O)Nc1cc(Cl)cc(NS(C)(=O)=O)c1)c1ccccc1. The van der Waals surface area contributed by atoms with Crippen molar-refractivity contribution >= 4 is 45.1 Å². The molecule has 0 aromatic heterocycles. The molecule has 0 spiro atoms. The summed E-state index contributed by atoms with van der Waals surface area (Å²) in [5.41, 5.74) is 7.26. The van der Waals surface area contributed by atoms with Crippen LogP contribution in [0.3, 0.4) is 0 Å². The highest BCUT2D eigenvalue weighted by molar-refractivity contribution is 7.92. The highest BCUT2D eigenvalue weighted by Gasteiger charge is 2.11. The molecule has 2 aromatic carbocycles. The molecule has 2 aromatic rings. The molecule has 0 bridgehead atoms. The fourth-order valence-electron chi connectivity index (χ4n) is 2.33. The zero-order valence-electron chi connectivity index (χ0n) is 15.4. The second kappa shape index (κ2) is 9.38. The Morgan fingerprint density at radius 2 is 1.82 bits per heavy atom. The Hall–Kier alpha value is -2.84. The molecular weight excluding hydrogens is 400 g/mol. The molecule has 0 aliphatic carbocycles. The van der Waals surface area contributed by atoms with Crippen LogP contribution >= 0.6 is 11.6 Å². The molecule has 1 amide bonds. The molecule has 0 fully saturated rings. The van der Waals surface area contributed by atoms with Crippen molar-refractivity contribution in [2.75, 3.05) is 16.3 Å². The number of nitrogens with zero attached hydrogens (tertiary/aromatic N) is 1. The molecule has 0 aliphatic rings. The van der Waals surface area contributed by atoms with E-state index in [1.54, 1.807) is 0 Å². The number of carbonyl (C=O) groups is 1. The number of nitrogens with one attached hydrogen (secondary N) is 2. The highest BCUT2D eigenvalue weighted by atomic mass is 35.5. The molecule has 0 aliphatic heterocycles. The molecule has 7 nitrogen and oxygen atoms in total. The Balaban J connectivity index is 2.13. The van der Waals surface area contributed by atoms with Gasteiger partial charge >= 0.3 is 0 Å². The Bertz CT molecular complexity index is 1010. The largest absolute Gasteiger partial charge is 0.404 e. The summed E-state index contributed by atoms with van der Waals surface area (Å²) in [5.74, 6) is -0.501. The molecular formula is C19H21ClN4O3S. The van der Waals surface area contributed by atoms with Crippen LogP contribution in [0.25, 0.3) is 0 Å². The summed E-state index contributed by atoms with van der Waals surface area (Å²) in [6.07, 6.45) is 3.57. The molecule has 28 heavy (non-hydrogen) atoms. The standard InChI is InChI=1S/C19H21ClN4O3S/c1-13(14-6-4-3-5-7-14)22-12-15(11-21)19(25)23-17-8-16(20)9-18(10-17)24-28(2,26)27/h3-13,24H,21H2,1-2H3,(H,23,25)/b15-11+,22-12?. The van der Waals surface area contributed by atoms with Gasteiger partial charge in [0.25, 0.3) is 5.91 Å². The van der Waals surface area contributed by atoms with Crippen LogP contribution in [0.2, 0.25) is 5.02 Å². The van der Waals surface area contributed by atoms with Gasteiger partial charge in [-0.1, -0.05) is 41.9 Å². The van der Waals surface area contributed by atoms with Crippen LogP contribution in [-0.2, 0) is 14.8 Å². The van der Waals surface area contributed by atoms with Crippen LogP contribution in [-0.4, -0.2) is 26.8 Å². The van der Waals surface area contributed by atoms with Gasteiger partial charge in [-0.2, -0.15) is 0 Å². The molecule has 0 heterocycles. The first kappa shape index (κ1) is 21.5. The molecule has 1 atom stereocenters. The van der Waals surface area contributed by atoms with E-state index in [-0.39, 0.29) is 22.3 Å². The lowest BCUT2D eigenvalue weighted by Crippen LogP contribution is -2.17. The van der Waals surface area contributed by atoms with Crippen molar-refractivity contribution in [3.05, 3.63) is 70.9 Å². The lowest BCUT2D eigenvalue weighted by molar-refractivity contribution is -0.112. The Morgan fingerprint density at radius 1 is 1.18 bits per heavy atom. The summed E-state index contributed by atoms with van der Waals surface area (Å²) in [6, 6.07) is 13.8. The van der Waals surface area contributed by atoms with Gasteiger partial charge in [-0.25, -0.2) is 8.42 Å². The third-order valence-electron chi connectivity index (χ3n) is 3.62. The van der Waals surface area contributed by atoms with E-state index in [0.717, 1.165) is 18.0 Å². The maximum absolute atomic E-state index is 12.5. The number of hydrogen-bond donors (Lipinski definition) is 3. The van der Waals surface area contributed by atoms with E-state index in [2.05, 4.69) is 15.0 Å². The van der Waals surface area contributed by atoms with Crippen molar-refractivity contribution in [3.63, 3.8) is 0 Å². The molecule has 1 unspecified atom stereocenters. The van der Waals surface area contributed by atoms with E-state index >= 15 is 0 Å². The van der Waals surface area contributed by atoms with Gasteiger partial charge in [0.2, 0.25) is 10.0 Å². The third-order valence-corrected chi connectivity index (χ3v) is 4.44. The zero-order valence-corrected chi connectivity index (χ0v) is 17.0. The quantitative estimate of drug-likeness (QED) is 0.470. The monoisotopic (exact) mass is 420 g/mol. The van der Waals surface area contributed by atoms with Crippen LogP contribution < -0.4 is 15.8 Å². The number of benzene rings is 2. The number of aliphatic imine (C=N–C) groups is 1. The van der Waals surface area contributed by atoms with Crippen LogP contribution in [0, 0.1) is 0 Å². The lowest BCUT2D eigenvalue weighted by Gasteiger charge is -2.10. The first-order valence-electron chi connectivity index (χ1n) is 8.27. The van der Waals surface area contributed by atoms with Gasteiger partial charge in [-0.15, -0.1) is 0 Å². The number of carbonyl (C=O) groups excluding carboxylic acids is 1. The first-order chi connectivity index (χ1) is 13.2. The fraction of sp³-hybridized carbons (Fsp3) is 0.158. The number of amides is 1. The Labute approximate surface area is 169 Å². The molecule has 0 radical (unpaired) electrons. The minimum Gasteiger partial charge on any atom is -0.404 e. The minimum atomic E-state index is -3.48. The van der Waals surface area contributed by atoms with Gasteiger partial charge in [-0.3, -0.25) is 14.5 Å². The number of halogens is 1. The van der Waals surface area contributed by atoms with E-state index < -0.39 is 15.9 Å². The number of sulfonamides is 1. The number of nitrogens with two attached hydrogens (primary N) is 1. The van der Waals surface area contributed by atoms with Crippen molar-refractivity contribution in [2.45, 2.75) is 13.0 Å². The smallest absolute Gasteiger partial charge is 0.258 e. The third kappa shape index (κ3) is 6.71. The zero-order chi connectivity index (χ0) is 20.7. The van der Waals surface area contributed by atoms with Crippen LogP contribution in [0.5, 0.6) is 0 Å². The Morgan fingerprint density at radius 3 is 2.43 bits per heavy atom. The van der Waals surface area contributed by atoms with Crippen molar-refractivity contribution in [1.29, 1.82) is 0 Å². The predicted molar refractivity (Wildman–Crippen MR) is 114 cm³/mol. The van der Waals surface area contributed by atoms with E-state index in [0.29, 0.717) is 5.69 Å². The van der Waals surface area contributed by atoms with Gasteiger partial charge in [0.15, 0.2) is 0 Å². The molecule has 2 rings (SSSR count). The number of rotatable bonds is 7. The molecule has 9 heteroatoms. The maximum atomic E-state index is 12.5. The van der Waals surface area contributed by atoms with Gasteiger partial charge in [0.1, 0.15) is 0 Å². The highest BCUT2D eigenvalue weighted by Crippen LogP contribution is 2.23. The van der Waals surface area contributed by atoms with Crippen LogP contribution in [0.15, 0.2) is 65.3 Å². The van der Waals surface area contributed by atoms with Crippen molar-refractivity contribution < 1.29 is 13.2 Å². The van der Waals surface area contributed by atoms with E-state index in [1.807, 2.05) is 37.3 Å². The van der Waals surface area contributed by atoms with Gasteiger partial charge in [-0.05, 0) is 30.7 Å². The summed E-state index contributed by atoms with van der Waals surface area (Å²) < 4.78 is 25.1. The van der Waals surface area contributed by atoms with E-state index in [9.17, 15) is 13.2 Å². The van der Waals surface area contributed by atoms with Crippen molar-refractivity contribution in [1.82, 2.24) is 0 Å².